The highest BCUT2D eigenvalue weighted by Crippen LogP contribution is 2.21. The fraction of sp³-hybridized carbons (Fsp3) is 0.900. The van der Waals surface area contributed by atoms with Gasteiger partial charge in [0.05, 0.1) is 6.42 Å². The minimum absolute atomic E-state index is 0.0448. The van der Waals surface area contributed by atoms with Crippen LogP contribution in [-0.4, -0.2) is 26.3 Å². The van der Waals surface area contributed by atoms with Gasteiger partial charge in [-0.25, -0.2) is 0 Å². The Labute approximate surface area is 87.3 Å². The van der Waals surface area contributed by atoms with Crippen LogP contribution in [0.5, 0.6) is 0 Å². The second kappa shape index (κ2) is 6.17. The largest absolute Gasteiger partial charge is 0.481 e. The molecule has 0 heterocycles. The SMILES string of the molecule is O=C(O)CCS(=O)C1CCCCCC1. The van der Waals surface area contributed by atoms with E-state index in [1.165, 1.54) is 12.8 Å². The Hall–Kier alpha value is -0.380. The second-order valence-corrected chi connectivity index (χ2v) is 5.68. The highest BCUT2D eigenvalue weighted by Gasteiger charge is 2.18. The van der Waals surface area contributed by atoms with E-state index in [0.717, 1.165) is 25.7 Å². The number of carboxylic acids is 1. The van der Waals surface area contributed by atoms with Gasteiger partial charge in [0.2, 0.25) is 0 Å². The van der Waals surface area contributed by atoms with E-state index in [2.05, 4.69) is 0 Å². The summed E-state index contributed by atoms with van der Waals surface area (Å²) in [6.07, 6.45) is 6.88. The molecule has 0 saturated heterocycles. The van der Waals surface area contributed by atoms with Crippen molar-refractivity contribution in [3.63, 3.8) is 0 Å². The van der Waals surface area contributed by atoms with Crippen LogP contribution in [0.3, 0.4) is 0 Å². The van der Waals surface area contributed by atoms with Crippen LogP contribution in [0.4, 0.5) is 0 Å². The first-order chi connectivity index (χ1) is 6.70. The Morgan fingerprint density at radius 3 is 2.29 bits per heavy atom. The molecule has 0 amide bonds. The predicted octanol–water partition coefficient (Wildman–Crippen LogP) is 1.93. The highest BCUT2D eigenvalue weighted by atomic mass is 32.2. The zero-order valence-electron chi connectivity index (χ0n) is 8.41. The molecule has 3 nitrogen and oxygen atoms in total. The number of aliphatic carboxylic acids is 1. The number of rotatable bonds is 4. The molecule has 0 spiro atoms. The summed E-state index contributed by atoms with van der Waals surface area (Å²) in [6.45, 7) is 0. The molecule has 0 aliphatic heterocycles. The summed E-state index contributed by atoms with van der Waals surface area (Å²) in [5.74, 6) is -0.507. The number of carboxylic acid groups (broad SMARTS) is 1. The predicted molar refractivity (Wildman–Crippen MR) is 56.8 cm³/mol. The molecular weight excluding hydrogens is 200 g/mol. The third kappa shape index (κ3) is 4.22. The van der Waals surface area contributed by atoms with Crippen LogP contribution < -0.4 is 0 Å². The van der Waals surface area contributed by atoms with E-state index in [9.17, 15) is 9.00 Å². The minimum Gasteiger partial charge on any atom is -0.481 e. The molecule has 14 heavy (non-hydrogen) atoms. The lowest BCUT2D eigenvalue weighted by atomic mass is 10.2. The Balaban J connectivity index is 2.30. The van der Waals surface area contributed by atoms with Crippen LogP contribution >= 0.6 is 0 Å². The van der Waals surface area contributed by atoms with E-state index in [1.807, 2.05) is 0 Å². The zero-order valence-corrected chi connectivity index (χ0v) is 9.22. The van der Waals surface area contributed by atoms with Crippen LogP contribution in [0.15, 0.2) is 0 Å². The van der Waals surface area contributed by atoms with Crippen molar-refractivity contribution in [2.24, 2.45) is 0 Å². The summed E-state index contributed by atoms with van der Waals surface area (Å²) in [7, 11) is -0.919. The first-order valence-corrected chi connectivity index (χ1v) is 6.67. The van der Waals surface area contributed by atoms with Crippen molar-refractivity contribution < 1.29 is 14.1 Å². The molecule has 1 aliphatic rings. The van der Waals surface area contributed by atoms with Gasteiger partial charge in [-0.3, -0.25) is 9.00 Å². The van der Waals surface area contributed by atoms with E-state index in [1.54, 1.807) is 0 Å². The van der Waals surface area contributed by atoms with E-state index >= 15 is 0 Å². The van der Waals surface area contributed by atoms with Crippen molar-refractivity contribution in [1.82, 2.24) is 0 Å². The smallest absolute Gasteiger partial charge is 0.304 e. The summed E-state index contributed by atoms with van der Waals surface area (Å²) in [6, 6.07) is 0. The van der Waals surface area contributed by atoms with Gasteiger partial charge >= 0.3 is 5.97 Å². The average molecular weight is 218 g/mol. The van der Waals surface area contributed by atoms with E-state index < -0.39 is 16.8 Å². The first kappa shape index (κ1) is 11.7. The lowest BCUT2D eigenvalue weighted by molar-refractivity contribution is -0.136. The van der Waals surface area contributed by atoms with Crippen molar-refractivity contribution in [2.45, 2.75) is 50.2 Å². The van der Waals surface area contributed by atoms with Gasteiger partial charge in [0.1, 0.15) is 0 Å². The van der Waals surface area contributed by atoms with Crippen molar-refractivity contribution in [2.75, 3.05) is 5.75 Å². The normalized spacial score (nSPS) is 21.4. The standard InChI is InChI=1S/C10H18O3S/c11-10(12)7-8-14(13)9-5-3-1-2-4-6-9/h9H,1-8H2,(H,11,12). The summed E-state index contributed by atoms with van der Waals surface area (Å²) in [4.78, 5) is 10.3. The topological polar surface area (TPSA) is 54.4 Å². The molecule has 1 unspecified atom stereocenters. The highest BCUT2D eigenvalue weighted by molar-refractivity contribution is 7.85. The quantitative estimate of drug-likeness (QED) is 0.734. The molecule has 0 radical (unpaired) electrons. The van der Waals surface area contributed by atoms with Crippen molar-refractivity contribution in [1.29, 1.82) is 0 Å². The van der Waals surface area contributed by atoms with Crippen molar-refractivity contribution in [3.05, 3.63) is 0 Å². The first-order valence-electron chi connectivity index (χ1n) is 5.29. The molecule has 1 rings (SSSR count). The third-order valence-corrected chi connectivity index (χ3v) is 4.51. The maximum absolute atomic E-state index is 11.7. The molecule has 0 bridgehead atoms. The summed E-state index contributed by atoms with van der Waals surface area (Å²) in [5.41, 5.74) is 0. The van der Waals surface area contributed by atoms with Crippen molar-refractivity contribution in [3.8, 4) is 0 Å². The minimum atomic E-state index is -0.919. The van der Waals surface area contributed by atoms with Crippen molar-refractivity contribution >= 4 is 16.8 Å². The van der Waals surface area contributed by atoms with Gasteiger partial charge in [-0.1, -0.05) is 25.7 Å². The van der Waals surface area contributed by atoms with Gasteiger partial charge in [0, 0.05) is 21.8 Å². The number of carbonyl (C=O) groups is 1. The molecule has 1 saturated carbocycles. The molecule has 4 heteroatoms. The Bertz CT molecular complexity index is 207. The number of hydrogen-bond acceptors (Lipinski definition) is 2. The second-order valence-electron chi connectivity index (χ2n) is 3.84. The molecule has 1 fully saturated rings. The fourth-order valence-corrected chi connectivity index (χ4v) is 3.43. The Morgan fingerprint density at radius 2 is 1.79 bits per heavy atom. The maximum atomic E-state index is 11.7. The molecule has 1 aliphatic carbocycles. The van der Waals surface area contributed by atoms with Gasteiger partial charge in [0.15, 0.2) is 0 Å². The van der Waals surface area contributed by atoms with Crippen LogP contribution in [0.2, 0.25) is 0 Å². The molecule has 1 N–H and O–H groups in total. The van der Waals surface area contributed by atoms with Gasteiger partial charge in [-0.15, -0.1) is 0 Å². The van der Waals surface area contributed by atoms with Gasteiger partial charge < -0.3 is 5.11 Å². The molecule has 82 valence electrons. The summed E-state index contributed by atoms with van der Waals surface area (Å²) >= 11 is 0. The van der Waals surface area contributed by atoms with Gasteiger partial charge in [-0.2, -0.15) is 0 Å². The molecule has 1 atom stereocenters. The van der Waals surface area contributed by atoms with Crippen LogP contribution in [0, 0.1) is 0 Å². The van der Waals surface area contributed by atoms with E-state index in [4.69, 9.17) is 5.11 Å². The monoisotopic (exact) mass is 218 g/mol. The fourth-order valence-electron chi connectivity index (χ4n) is 1.86. The van der Waals surface area contributed by atoms with Gasteiger partial charge in [0.25, 0.3) is 0 Å². The molecule has 0 aromatic carbocycles. The lowest BCUT2D eigenvalue weighted by Crippen LogP contribution is -2.18. The third-order valence-electron chi connectivity index (χ3n) is 2.69. The number of hydrogen-bond donors (Lipinski definition) is 1. The summed E-state index contributed by atoms with van der Waals surface area (Å²) < 4.78 is 11.7. The molecule has 0 aromatic heterocycles. The maximum Gasteiger partial charge on any atom is 0.304 e. The van der Waals surface area contributed by atoms with Gasteiger partial charge in [-0.05, 0) is 12.8 Å². The zero-order chi connectivity index (χ0) is 10.4. The average Bonchev–Trinajstić information content (AvgIpc) is 2.42. The molecule has 0 aromatic rings. The van der Waals surface area contributed by atoms with Crippen LogP contribution in [0.1, 0.15) is 44.9 Å². The lowest BCUT2D eigenvalue weighted by Gasteiger charge is -2.12. The summed E-state index contributed by atoms with van der Waals surface area (Å²) in [5, 5.41) is 8.74. The Kier molecular flexibility index (Phi) is 5.15. The van der Waals surface area contributed by atoms with Crippen LogP contribution in [-0.2, 0) is 15.6 Å². The van der Waals surface area contributed by atoms with Crippen LogP contribution in [0.25, 0.3) is 0 Å². The molecular formula is C10H18O3S. The van der Waals surface area contributed by atoms with E-state index in [-0.39, 0.29) is 11.7 Å². The van der Waals surface area contributed by atoms with E-state index in [0.29, 0.717) is 5.75 Å². The Morgan fingerprint density at radius 1 is 1.21 bits per heavy atom.